The van der Waals surface area contributed by atoms with Crippen molar-refractivity contribution in [2.24, 2.45) is 7.05 Å². The first-order chi connectivity index (χ1) is 10.9. The predicted molar refractivity (Wildman–Crippen MR) is 85.4 cm³/mol. The number of hydrogen-bond acceptors (Lipinski definition) is 3. The van der Waals surface area contributed by atoms with Crippen molar-refractivity contribution in [1.29, 1.82) is 0 Å². The number of benzene rings is 1. The zero-order chi connectivity index (χ0) is 17.0. The highest BCUT2D eigenvalue weighted by Gasteiger charge is 2.15. The molecule has 2 aromatic rings. The summed E-state index contributed by atoms with van der Waals surface area (Å²) in [4.78, 5) is 24.3. The average molecular weight is 318 g/mol. The zero-order valence-corrected chi connectivity index (χ0v) is 13.4. The van der Waals surface area contributed by atoms with Crippen molar-refractivity contribution in [3.63, 3.8) is 0 Å². The lowest BCUT2D eigenvalue weighted by Gasteiger charge is -2.11. The van der Waals surface area contributed by atoms with Gasteiger partial charge in [-0.15, -0.1) is 0 Å². The van der Waals surface area contributed by atoms with Crippen molar-refractivity contribution in [3.8, 4) is 5.75 Å². The van der Waals surface area contributed by atoms with E-state index in [1.54, 1.807) is 39.1 Å². The number of para-hydroxylation sites is 1. The summed E-state index contributed by atoms with van der Waals surface area (Å²) in [5.41, 5.74) is 1.18. The van der Waals surface area contributed by atoms with Crippen LogP contribution in [0.4, 0.5) is 4.39 Å². The fraction of sp³-hybridized carbons (Fsp3) is 0.294. The van der Waals surface area contributed by atoms with E-state index in [0.717, 1.165) is 5.69 Å². The molecule has 0 atom stereocenters. The van der Waals surface area contributed by atoms with Crippen LogP contribution >= 0.6 is 0 Å². The molecular weight excluding hydrogens is 299 g/mol. The zero-order valence-electron chi connectivity index (χ0n) is 13.4. The summed E-state index contributed by atoms with van der Waals surface area (Å²) in [7, 11) is 1.62. The number of nitrogens with one attached hydrogen (secondary N) is 1. The second-order valence-electron chi connectivity index (χ2n) is 5.24. The summed E-state index contributed by atoms with van der Waals surface area (Å²) in [6.07, 6.45) is 0. The Hall–Kier alpha value is -2.63. The van der Waals surface area contributed by atoms with E-state index in [-0.39, 0.29) is 30.0 Å². The normalized spacial score (nSPS) is 10.4. The molecule has 1 amide bonds. The van der Waals surface area contributed by atoms with Gasteiger partial charge < -0.3 is 14.6 Å². The maximum Gasteiger partial charge on any atom is 0.263 e. The number of rotatable bonds is 5. The molecule has 0 fully saturated rings. The van der Waals surface area contributed by atoms with E-state index in [0.29, 0.717) is 5.56 Å². The number of nitrogens with zero attached hydrogens (tertiary/aromatic N) is 1. The monoisotopic (exact) mass is 318 g/mol. The Morgan fingerprint density at radius 2 is 2.00 bits per heavy atom. The van der Waals surface area contributed by atoms with Gasteiger partial charge in [-0.05, 0) is 37.6 Å². The lowest BCUT2D eigenvalue weighted by molar-refractivity contribution is 0.0944. The molecule has 1 aromatic heterocycles. The molecule has 0 spiro atoms. The Morgan fingerprint density at radius 3 is 2.70 bits per heavy atom. The first-order valence-corrected chi connectivity index (χ1v) is 7.24. The van der Waals surface area contributed by atoms with Crippen LogP contribution in [0.15, 0.2) is 35.1 Å². The van der Waals surface area contributed by atoms with Crippen molar-refractivity contribution in [2.45, 2.75) is 13.8 Å². The largest absolute Gasteiger partial charge is 0.489 e. The fourth-order valence-electron chi connectivity index (χ4n) is 2.23. The number of amides is 1. The molecule has 122 valence electrons. The molecule has 0 aliphatic rings. The lowest BCUT2D eigenvalue weighted by atomic mass is 10.1. The Balaban J connectivity index is 1.97. The van der Waals surface area contributed by atoms with Gasteiger partial charge in [-0.2, -0.15) is 0 Å². The molecule has 1 heterocycles. The highest BCUT2D eigenvalue weighted by atomic mass is 19.1. The van der Waals surface area contributed by atoms with E-state index < -0.39 is 11.7 Å². The van der Waals surface area contributed by atoms with Gasteiger partial charge in [0.05, 0.1) is 6.54 Å². The quantitative estimate of drug-likeness (QED) is 0.857. The maximum absolute atomic E-state index is 13.4. The maximum atomic E-state index is 13.4. The van der Waals surface area contributed by atoms with Crippen LogP contribution in [0, 0.1) is 19.7 Å². The molecule has 0 aliphatic heterocycles. The second kappa shape index (κ2) is 7.09. The van der Waals surface area contributed by atoms with Crippen LogP contribution in [0.2, 0.25) is 0 Å². The molecule has 0 bridgehead atoms. The van der Waals surface area contributed by atoms with E-state index in [4.69, 9.17) is 4.74 Å². The molecule has 6 heteroatoms. The van der Waals surface area contributed by atoms with Crippen molar-refractivity contribution in [1.82, 2.24) is 9.88 Å². The van der Waals surface area contributed by atoms with Crippen LogP contribution in [-0.2, 0) is 7.05 Å². The summed E-state index contributed by atoms with van der Waals surface area (Å²) < 4.78 is 20.1. The number of carbonyl (C=O) groups is 1. The van der Waals surface area contributed by atoms with Gasteiger partial charge in [-0.1, -0.05) is 12.1 Å². The van der Waals surface area contributed by atoms with Crippen LogP contribution in [0.3, 0.4) is 0 Å². The number of carbonyl (C=O) groups excluding carboxylic acids is 1. The van der Waals surface area contributed by atoms with Gasteiger partial charge in [0.2, 0.25) is 0 Å². The van der Waals surface area contributed by atoms with Crippen molar-refractivity contribution in [2.75, 3.05) is 13.2 Å². The van der Waals surface area contributed by atoms with Crippen LogP contribution < -0.4 is 15.6 Å². The van der Waals surface area contributed by atoms with Crippen molar-refractivity contribution >= 4 is 5.91 Å². The average Bonchev–Trinajstić information content (AvgIpc) is 2.51. The Labute approximate surface area is 133 Å². The van der Waals surface area contributed by atoms with E-state index in [2.05, 4.69) is 5.32 Å². The summed E-state index contributed by atoms with van der Waals surface area (Å²) in [6.45, 7) is 3.80. The first-order valence-electron chi connectivity index (χ1n) is 7.24. The molecule has 1 N–H and O–H groups in total. The van der Waals surface area contributed by atoms with Crippen LogP contribution in [0.25, 0.3) is 0 Å². The predicted octanol–water partition coefficient (Wildman–Crippen LogP) is 1.95. The van der Waals surface area contributed by atoms with Gasteiger partial charge in [0.15, 0.2) is 11.6 Å². The van der Waals surface area contributed by atoms with Gasteiger partial charge in [0.25, 0.3) is 11.5 Å². The molecule has 0 saturated heterocycles. The van der Waals surface area contributed by atoms with Crippen LogP contribution in [0.5, 0.6) is 5.75 Å². The number of ether oxygens (including phenoxy) is 1. The minimum absolute atomic E-state index is 0.109. The second-order valence-corrected chi connectivity index (χ2v) is 5.24. The fourth-order valence-corrected chi connectivity index (χ4v) is 2.23. The van der Waals surface area contributed by atoms with E-state index in [1.807, 2.05) is 0 Å². The minimum atomic E-state index is -0.458. The third-order valence-corrected chi connectivity index (χ3v) is 3.58. The van der Waals surface area contributed by atoms with Crippen molar-refractivity contribution < 1.29 is 13.9 Å². The molecule has 23 heavy (non-hydrogen) atoms. The Bertz CT molecular complexity index is 784. The number of halogens is 1. The molecule has 1 aromatic carbocycles. The molecule has 0 saturated carbocycles. The van der Waals surface area contributed by atoms with Gasteiger partial charge in [-0.25, -0.2) is 4.39 Å². The minimum Gasteiger partial charge on any atom is -0.489 e. The Kier molecular flexibility index (Phi) is 5.16. The summed E-state index contributed by atoms with van der Waals surface area (Å²) in [5.74, 6) is -0.786. The van der Waals surface area contributed by atoms with Crippen LogP contribution in [0.1, 0.15) is 21.6 Å². The van der Waals surface area contributed by atoms with Crippen molar-refractivity contribution in [3.05, 3.63) is 63.3 Å². The van der Waals surface area contributed by atoms with Crippen LogP contribution in [-0.4, -0.2) is 23.6 Å². The molecular formula is C17H19FN2O3. The van der Waals surface area contributed by atoms with E-state index in [9.17, 15) is 14.0 Å². The highest BCUT2D eigenvalue weighted by molar-refractivity contribution is 5.95. The standard InChI is InChI=1S/C17H19FN2O3/c1-11-10-12(2)20(3)17(22)15(11)16(21)19-8-9-23-14-7-5-4-6-13(14)18/h4-7,10H,8-9H2,1-3H3,(H,19,21). The van der Waals surface area contributed by atoms with Gasteiger partial charge in [-0.3, -0.25) is 9.59 Å². The third kappa shape index (κ3) is 3.77. The SMILES string of the molecule is Cc1cc(C)n(C)c(=O)c1C(=O)NCCOc1ccccc1F. The van der Waals surface area contributed by atoms with E-state index in [1.165, 1.54) is 16.7 Å². The first kappa shape index (κ1) is 16.7. The molecule has 2 rings (SSSR count). The van der Waals surface area contributed by atoms with E-state index >= 15 is 0 Å². The topological polar surface area (TPSA) is 60.3 Å². The van der Waals surface area contributed by atoms with Gasteiger partial charge in [0.1, 0.15) is 12.2 Å². The highest BCUT2D eigenvalue weighted by Crippen LogP contribution is 2.14. The Morgan fingerprint density at radius 1 is 1.30 bits per heavy atom. The van der Waals surface area contributed by atoms with Gasteiger partial charge in [0, 0.05) is 12.7 Å². The molecule has 0 unspecified atom stereocenters. The molecule has 0 radical (unpaired) electrons. The summed E-state index contributed by atoms with van der Waals surface area (Å²) >= 11 is 0. The number of hydrogen-bond donors (Lipinski definition) is 1. The summed E-state index contributed by atoms with van der Waals surface area (Å²) in [5, 5.41) is 2.62. The molecule has 5 nitrogen and oxygen atoms in total. The number of aromatic nitrogens is 1. The summed E-state index contributed by atoms with van der Waals surface area (Å²) in [6, 6.07) is 7.83. The number of aryl methyl sites for hydroxylation is 2. The van der Waals surface area contributed by atoms with Gasteiger partial charge >= 0.3 is 0 Å². The number of pyridine rings is 1. The third-order valence-electron chi connectivity index (χ3n) is 3.58. The molecule has 0 aliphatic carbocycles. The lowest BCUT2D eigenvalue weighted by Crippen LogP contribution is -2.35. The smallest absolute Gasteiger partial charge is 0.263 e.